The summed E-state index contributed by atoms with van der Waals surface area (Å²) in [5.41, 5.74) is 4.78. The largest absolute Gasteiger partial charge is 0.481 e. The minimum atomic E-state index is 0.544. The molecule has 0 radical (unpaired) electrons. The predicted molar refractivity (Wildman–Crippen MR) is 53.9 cm³/mol. The molecule has 2 rings (SSSR count). The van der Waals surface area contributed by atoms with Gasteiger partial charge in [-0.1, -0.05) is 0 Å². The molecule has 0 atom stereocenters. The van der Waals surface area contributed by atoms with Gasteiger partial charge in [-0.15, -0.1) is 0 Å². The lowest BCUT2D eigenvalue weighted by Gasteiger charge is -2.05. The predicted octanol–water partition coefficient (Wildman–Crippen LogP) is 0.924. The van der Waals surface area contributed by atoms with Crippen LogP contribution in [0.15, 0.2) is 24.4 Å². The van der Waals surface area contributed by atoms with Crippen LogP contribution in [0.25, 0.3) is 11.0 Å². The number of methoxy groups -OCH3 is 1. The van der Waals surface area contributed by atoms with Crippen LogP contribution in [0.5, 0.6) is 5.88 Å². The van der Waals surface area contributed by atoms with Gasteiger partial charge in [0.05, 0.1) is 18.3 Å². The van der Waals surface area contributed by atoms with Gasteiger partial charge in [0.25, 0.3) is 0 Å². The van der Waals surface area contributed by atoms with Crippen LogP contribution in [-0.4, -0.2) is 17.1 Å². The molecule has 0 aliphatic carbocycles. The number of nitrogens with zero attached hydrogens (tertiary/aromatic N) is 2. The van der Waals surface area contributed by atoms with Crippen molar-refractivity contribution in [2.24, 2.45) is 5.84 Å². The van der Waals surface area contributed by atoms with Crippen LogP contribution >= 0.6 is 0 Å². The fraction of sp³-hybridized carbons (Fsp3) is 0.111. The summed E-state index contributed by atoms with van der Waals surface area (Å²) >= 11 is 0. The van der Waals surface area contributed by atoms with Gasteiger partial charge in [-0.05, 0) is 12.1 Å². The van der Waals surface area contributed by atoms with Crippen molar-refractivity contribution in [2.75, 3.05) is 12.5 Å². The van der Waals surface area contributed by atoms with Crippen molar-refractivity contribution in [2.45, 2.75) is 0 Å². The number of nitrogen functional groups attached to an aromatic ring is 1. The zero-order valence-electron chi connectivity index (χ0n) is 7.69. The molecule has 0 spiro atoms. The third-order valence-electron chi connectivity index (χ3n) is 1.92. The number of hydrogen-bond donors (Lipinski definition) is 2. The maximum atomic E-state index is 5.35. The van der Waals surface area contributed by atoms with E-state index in [1.807, 2.05) is 6.07 Å². The number of hydrogen-bond acceptors (Lipinski definition) is 5. The van der Waals surface area contributed by atoms with Crippen molar-refractivity contribution < 1.29 is 4.74 Å². The van der Waals surface area contributed by atoms with Crippen molar-refractivity contribution in [1.82, 2.24) is 9.97 Å². The molecule has 0 unspecified atom stereocenters. The summed E-state index contributed by atoms with van der Waals surface area (Å²) in [6.45, 7) is 0. The van der Waals surface area contributed by atoms with Crippen LogP contribution in [0.2, 0.25) is 0 Å². The average Bonchev–Trinajstić information content (AvgIpc) is 2.27. The van der Waals surface area contributed by atoms with Gasteiger partial charge in [-0.25, -0.2) is 4.98 Å². The lowest BCUT2D eigenvalue weighted by atomic mass is 10.3. The van der Waals surface area contributed by atoms with E-state index in [1.165, 1.54) is 0 Å². The quantitative estimate of drug-likeness (QED) is 0.544. The fourth-order valence-corrected chi connectivity index (χ4v) is 1.24. The number of anilines is 1. The molecule has 0 aromatic carbocycles. The van der Waals surface area contributed by atoms with Crippen LogP contribution in [0.3, 0.4) is 0 Å². The molecule has 0 saturated carbocycles. The lowest BCUT2D eigenvalue weighted by Crippen LogP contribution is -2.07. The Morgan fingerprint density at radius 3 is 2.93 bits per heavy atom. The minimum absolute atomic E-state index is 0.544. The number of rotatable bonds is 2. The van der Waals surface area contributed by atoms with Gasteiger partial charge in [0.2, 0.25) is 5.88 Å². The zero-order chi connectivity index (χ0) is 9.97. The third-order valence-corrected chi connectivity index (χ3v) is 1.92. The molecular formula is C9H10N4O. The Morgan fingerprint density at radius 2 is 2.21 bits per heavy atom. The first-order valence-corrected chi connectivity index (χ1v) is 4.11. The first kappa shape index (κ1) is 8.71. The molecule has 0 saturated heterocycles. The summed E-state index contributed by atoms with van der Waals surface area (Å²) in [4.78, 5) is 8.39. The number of nitrogens with two attached hydrogens (primary N) is 1. The van der Waals surface area contributed by atoms with Crippen molar-refractivity contribution in [3.8, 4) is 5.88 Å². The van der Waals surface area contributed by atoms with E-state index >= 15 is 0 Å². The molecule has 0 aliphatic rings. The van der Waals surface area contributed by atoms with Gasteiger partial charge >= 0.3 is 0 Å². The molecule has 2 aromatic heterocycles. The zero-order valence-corrected chi connectivity index (χ0v) is 7.69. The molecule has 0 fully saturated rings. The number of aromatic nitrogens is 2. The Labute approximate surface area is 80.9 Å². The maximum absolute atomic E-state index is 5.35. The normalized spacial score (nSPS) is 10.1. The van der Waals surface area contributed by atoms with Gasteiger partial charge in [0.15, 0.2) is 0 Å². The minimum Gasteiger partial charge on any atom is -0.481 e. The third kappa shape index (κ3) is 1.33. The standard InChI is InChI=1S/C9H10N4O/c1-14-8-3-2-6-9(12-8)7(13-10)4-5-11-6/h2-5H,10H2,1H3,(H,11,13). The maximum Gasteiger partial charge on any atom is 0.213 e. The molecular weight excluding hydrogens is 180 g/mol. The molecule has 2 heterocycles. The highest BCUT2D eigenvalue weighted by Crippen LogP contribution is 2.20. The van der Waals surface area contributed by atoms with Crippen molar-refractivity contribution in [3.63, 3.8) is 0 Å². The molecule has 72 valence electrons. The topological polar surface area (TPSA) is 73.1 Å². The summed E-state index contributed by atoms with van der Waals surface area (Å²) in [6, 6.07) is 5.35. The smallest absolute Gasteiger partial charge is 0.213 e. The van der Waals surface area contributed by atoms with Gasteiger partial charge in [0.1, 0.15) is 5.52 Å². The Balaban J connectivity index is 2.70. The van der Waals surface area contributed by atoms with Gasteiger partial charge in [-0.2, -0.15) is 0 Å². The number of ether oxygens (including phenoxy) is 1. The summed E-state index contributed by atoms with van der Waals surface area (Å²) in [5.74, 6) is 5.89. The van der Waals surface area contributed by atoms with E-state index in [-0.39, 0.29) is 0 Å². The fourth-order valence-electron chi connectivity index (χ4n) is 1.24. The second-order valence-electron chi connectivity index (χ2n) is 2.72. The number of nitrogens with one attached hydrogen (secondary N) is 1. The summed E-state index contributed by atoms with van der Waals surface area (Å²) < 4.78 is 5.01. The molecule has 0 bridgehead atoms. The second kappa shape index (κ2) is 3.47. The molecule has 3 N–H and O–H groups in total. The molecule has 5 nitrogen and oxygen atoms in total. The van der Waals surface area contributed by atoms with Gasteiger partial charge in [-0.3, -0.25) is 10.8 Å². The van der Waals surface area contributed by atoms with E-state index in [0.717, 1.165) is 11.2 Å². The van der Waals surface area contributed by atoms with E-state index in [1.54, 1.807) is 25.4 Å². The van der Waals surface area contributed by atoms with Gasteiger partial charge < -0.3 is 10.2 Å². The Kier molecular flexibility index (Phi) is 2.16. The first-order chi connectivity index (χ1) is 6.85. The molecule has 14 heavy (non-hydrogen) atoms. The molecule has 5 heteroatoms. The lowest BCUT2D eigenvalue weighted by molar-refractivity contribution is 0.399. The van der Waals surface area contributed by atoms with E-state index in [9.17, 15) is 0 Å². The van der Waals surface area contributed by atoms with E-state index in [0.29, 0.717) is 11.4 Å². The van der Waals surface area contributed by atoms with Crippen molar-refractivity contribution in [3.05, 3.63) is 24.4 Å². The molecule has 2 aromatic rings. The Bertz CT molecular complexity index is 458. The molecule has 0 amide bonds. The van der Waals surface area contributed by atoms with E-state index in [4.69, 9.17) is 10.6 Å². The van der Waals surface area contributed by atoms with E-state index in [2.05, 4.69) is 15.4 Å². The highest BCUT2D eigenvalue weighted by Gasteiger charge is 2.03. The number of hydrazine groups is 1. The number of pyridine rings is 2. The monoisotopic (exact) mass is 190 g/mol. The van der Waals surface area contributed by atoms with Crippen LogP contribution in [-0.2, 0) is 0 Å². The van der Waals surface area contributed by atoms with Crippen molar-refractivity contribution in [1.29, 1.82) is 0 Å². The van der Waals surface area contributed by atoms with Crippen LogP contribution in [0.4, 0.5) is 5.69 Å². The second-order valence-corrected chi connectivity index (χ2v) is 2.72. The highest BCUT2D eigenvalue weighted by atomic mass is 16.5. The summed E-state index contributed by atoms with van der Waals surface area (Å²) in [5, 5.41) is 0. The average molecular weight is 190 g/mol. The van der Waals surface area contributed by atoms with Gasteiger partial charge in [0, 0.05) is 12.3 Å². The summed E-state index contributed by atoms with van der Waals surface area (Å²) in [6.07, 6.45) is 1.67. The summed E-state index contributed by atoms with van der Waals surface area (Å²) in [7, 11) is 1.57. The van der Waals surface area contributed by atoms with Crippen LogP contribution < -0.4 is 16.0 Å². The Hall–Kier alpha value is -1.88. The highest BCUT2D eigenvalue weighted by molar-refractivity contribution is 5.87. The number of fused-ring (bicyclic) bond motifs is 1. The van der Waals surface area contributed by atoms with Crippen molar-refractivity contribution >= 4 is 16.7 Å². The Morgan fingerprint density at radius 1 is 1.36 bits per heavy atom. The van der Waals surface area contributed by atoms with E-state index < -0.39 is 0 Å². The molecule has 0 aliphatic heterocycles. The SMILES string of the molecule is COc1ccc2nccc(NN)c2n1. The van der Waals surface area contributed by atoms with Crippen LogP contribution in [0.1, 0.15) is 0 Å². The van der Waals surface area contributed by atoms with Crippen LogP contribution in [0, 0.1) is 0 Å². The first-order valence-electron chi connectivity index (χ1n) is 4.11.